The van der Waals surface area contributed by atoms with Gasteiger partial charge in [-0.1, -0.05) is 86.9 Å². The highest BCUT2D eigenvalue weighted by atomic mass is 16.5. The summed E-state index contributed by atoms with van der Waals surface area (Å²) < 4.78 is 5.48. The Bertz CT molecular complexity index is 3400. The maximum Gasteiger partial charge on any atom is 0.246 e. The van der Waals surface area contributed by atoms with Gasteiger partial charge in [0, 0.05) is 195 Å². The van der Waals surface area contributed by atoms with Crippen molar-refractivity contribution < 1.29 is 47.9 Å². The van der Waals surface area contributed by atoms with Crippen LogP contribution < -0.4 is 10.6 Å². The van der Waals surface area contributed by atoms with Crippen LogP contribution in [0.2, 0.25) is 0 Å². The van der Waals surface area contributed by atoms with E-state index in [-0.39, 0.29) is 65.4 Å². The highest BCUT2D eigenvalue weighted by Crippen LogP contribution is 2.37. The number of rotatable bonds is 23. The van der Waals surface area contributed by atoms with Crippen LogP contribution in [0.25, 0.3) is 0 Å². The minimum atomic E-state index is -0.0550. The zero-order valence-electron chi connectivity index (χ0n) is 79.6. The van der Waals surface area contributed by atoms with E-state index in [2.05, 4.69) is 217 Å². The van der Waals surface area contributed by atoms with Gasteiger partial charge in [0.15, 0.2) is 0 Å². The first-order valence-corrected chi connectivity index (χ1v) is 46.4. The number of ether oxygens (including phenoxy) is 1. The van der Waals surface area contributed by atoms with Crippen LogP contribution in [-0.2, 0) is 47.9 Å². The molecule has 0 spiro atoms. The highest BCUT2D eigenvalue weighted by molar-refractivity contribution is 5.91. The van der Waals surface area contributed by atoms with E-state index in [1.807, 2.05) is 43.2 Å². The van der Waals surface area contributed by atoms with Crippen LogP contribution >= 0.6 is 0 Å². The molecule has 9 amide bonds. The maximum atomic E-state index is 11.6. The molecule has 26 nitrogen and oxygen atoms in total. The first-order valence-electron chi connectivity index (χ1n) is 46.4. The van der Waals surface area contributed by atoms with Gasteiger partial charge in [0.1, 0.15) is 0 Å². The lowest BCUT2D eigenvalue weighted by Gasteiger charge is -2.57. The third-order valence-electron chi connectivity index (χ3n) is 26.3. The normalized spacial score (nSPS) is 25.3. The molecule has 10 atom stereocenters. The summed E-state index contributed by atoms with van der Waals surface area (Å²) in [6, 6.07) is 9.58. The van der Waals surface area contributed by atoms with Crippen LogP contribution in [0.3, 0.4) is 0 Å². The number of piperidine rings is 4. The van der Waals surface area contributed by atoms with Crippen molar-refractivity contribution in [3.8, 4) is 0 Å². The summed E-state index contributed by atoms with van der Waals surface area (Å²) in [5, 5.41) is 6.31. The summed E-state index contributed by atoms with van der Waals surface area (Å²) in [5.74, 6) is 1.96. The van der Waals surface area contributed by atoms with Gasteiger partial charge in [-0.2, -0.15) is 0 Å². The van der Waals surface area contributed by atoms with Gasteiger partial charge in [-0.15, -0.1) is 0 Å². The highest BCUT2D eigenvalue weighted by Gasteiger charge is 2.51. The van der Waals surface area contributed by atoms with E-state index in [1.54, 1.807) is 9.80 Å². The van der Waals surface area contributed by atoms with Crippen molar-refractivity contribution in [2.75, 3.05) is 125 Å². The average molecular weight is 1720 g/mol. The molecule has 0 bridgehead atoms. The molecule has 694 valence electrons. The number of likely N-dealkylation sites (tertiary alicyclic amines) is 13. The number of fused-ring (bicyclic) bond motifs is 4. The van der Waals surface area contributed by atoms with Crippen LogP contribution in [0.4, 0.5) is 0 Å². The molecule has 0 aliphatic carbocycles. The monoisotopic (exact) mass is 1720 g/mol. The van der Waals surface area contributed by atoms with E-state index in [4.69, 9.17) is 4.74 Å². The lowest BCUT2D eigenvalue weighted by molar-refractivity contribution is -0.145. The number of carbonyl (C=O) groups is 9. The lowest BCUT2D eigenvalue weighted by Crippen LogP contribution is -2.71. The second kappa shape index (κ2) is 52.0. The molecule has 123 heavy (non-hydrogen) atoms. The summed E-state index contributed by atoms with van der Waals surface area (Å²) in [7, 11) is 2.10. The van der Waals surface area contributed by atoms with Crippen molar-refractivity contribution in [3.63, 3.8) is 0 Å². The summed E-state index contributed by atoms with van der Waals surface area (Å²) in [4.78, 5) is 131. The Balaban J connectivity index is 0.000000246. The minimum absolute atomic E-state index is 0.00129. The van der Waals surface area contributed by atoms with Gasteiger partial charge in [0.2, 0.25) is 53.2 Å². The van der Waals surface area contributed by atoms with Gasteiger partial charge in [0.05, 0.1) is 30.3 Å². The Morgan fingerprint density at radius 3 is 1.20 bits per heavy atom. The van der Waals surface area contributed by atoms with Gasteiger partial charge in [-0.3, -0.25) is 72.6 Å². The first kappa shape index (κ1) is 106. The fourth-order valence-corrected chi connectivity index (χ4v) is 19.1. The molecule has 10 unspecified atom stereocenters. The summed E-state index contributed by atoms with van der Waals surface area (Å²) in [6.45, 7) is 87.5. The Hall–Kier alpha value is -7.43. The van der Waals surface area contributed by atoms with Crippen molar-refractivity contribution in [3.05, 3.63) is 114 Å². The molecule has 13 heterocycles. The van der Waals surface area contributed by atoms with Gasteiger partial charge < -0.3 is 54.6 Å². The third-order valence-corrected chi connectivity index (χ3v) is 26.3. The predicted octanol–water partition coefficient (Wildman–Crippen LogP) is 9.78. The fourth-order valence-electron chi connectivity index (χ4n) is 19.1. The van der Waals surface area contributed by atoms with Gasteiger partial charge in [-0.25, -0.2) is 0 Å². The van der Waals surface area contributed by atoms with Crippen LogP contribution in [0.1, 0.15) is 195 Å². The van der Waals surface area contributed by atoms with Crippen LogP contribution in [0.15, 0.2) is 114 Å². The topological polar surface area (TPSA) is 232 Å². The number of hydrogen-bond donors (Lipinski definition) is 2. The van der Waals surface area contributed by atoms with Gasteiger partial charge >= 0.3 is 0 Å². The molecule has 0 aromatic carbocycles. The molecular formula is C97H166N16O10. The molecule has 13 saturated heterocycles. The zero-order valence-corrected chi connectivity index (χ0v) is 79.6. The second-order valence-corrected chi connectivity index (χ2v) is 37.9. The zero-order chi connectivity index (χ0) is 92.0. The molecule has 2 N–H and O–H groups in total. The number of carbonyl (C=O) groups excluding carboxylic acids is 9. The predicted molar refractivity (Wildman–Crippen MR) is 499 cm³/mol. The minimum Gasteiger partial charge on any atom is -0.372 e. The lowest BCUT2D eigenvalue weighted by atomic mass is 9.85. The largest absolute Gasteiger partial charge is 0.372 e. The third kappa shape index (κ3) is 31.0. The quantitative estimate of drug-likeness (QED) is 0.0906. The summed E-state index contributed by atoms with van der Waals surface area (Å²) >= 11 is 0. The van der Waals surface area contributed by atoms with Crippen molar-refractivity contribution in [1.29, 1.82) is 0 Å². The molecule has 0 saturated carbocycles. The van der Waals surface area contributed by atoms with Crippen molar-refractivity contribution in [1.82, 2.24) is 79.2 Å². The number of nitrogens with zero attached hydrogens (tertiary/aromatic N) is 14. The summed E-state index contributed by atoms with van der Waals surface area (Å²) in [6.07, 6.45) is 26.0. The molecular weight excluding hydrogens is 1550 g/mol. The van der Waals surface area contributed by atoms with E-state index in [0.717, 1.165) is 143 Å². The van der Waals surface area contributed by atoms with E-state index in [1.165, 1.54) is 93.3 Å². The van der Waals surface area contributed by atoms with E-state index in [0.29, 0.717) is 128 Å². The Kier molecular flexibility index (Phi) is 44.9. The van der Waals surface area contributed by atoms with Crippen LogP contribution in [-0.4, -0.2) is 368 Å². The number of likely N-dealkylation sites (N-methyl/N-ethyl adjacent to an activating group) is 1. The van der Waals surface area contributed by atoms with E-state index in [9.17, 15) is 43.2 Å². The summed E-state index contributed by atoms with van der Waals surface area (Å²) in [5.41, 5.74) is 0. The second-order valence-electron chi connectivity index (χ2n) is 37.9. The van der Waals surface area contributed by atoms with Crippen LogP contribution in [0, 0.1) is 11.8 Å². The number of hydrogen-bond acceptors (Lipinski definition) is 17. The van der Waals surface area contributed by atoms with Crippen molar-refractivity contribution in [2.24, 2.45) is 11.8 Å². The maximum absolute atomic E-state index is 11.6. The molecule has 26 heteroatoms. The Morgan fingerprint density at radius 1 is 0.350 bits per heavy atom. The molecule has 13 fully saturated rings. The van der Waals surface area contributed by atoms with Gasteiger partial charge in [-0.05, 0) is 254 Å². The molecule has 13 rings (SSSR count). The first-order chi connectivity index (χ1) is 58.2. The van der Waals surface area contributed by atoms with Crippen LogP contribution in [0.5, 0.6) is 0 Å². The molecule has 13 aliphatic rings. The number of nitrogens with one attached hydrogen (secondary N) is 2. The van der Waals surface area contributed by atoms with E-state index < -0.39 is 0 Å². The molecule has 0 aromatic rings. The fraction of sp³-hybridized carbons (Fsp3) is 0.722. The molecule has 0 aromatic heterocycles. The van der Waals surface area contributed by atoms with Crippen molar-refractivity contribution >= 4 is 53.2 Å². The Labute approximate surface area is 743 Å². The van der Waals surface area contributed by atoms with Gasteiger partial charge in [0.25, 0.3) is 0 Å². The van der Waals surface area contributed by atoms with Crippen molar-refractivity contribution in [2.45, 2.75) is 316 Å². The molecule has 0 radical (unpaired) electrons. The Morgan fingerprint density at radius 2 is 0.756 bits per heavy atom. The average Bonchev–Trinajstić information content (AvgIpc) is 1.71. The SMILES string of the molecule is C=CC(=O)N1CC(N(C)C(C)C)C1.C=CC(=O)N1CC(NC(C)C)C1.C=CC(=O)N1CC(OC(C)C)C1.C=CC(=O)N1CC2C1CCCN2C(C)C.C=CC(=O)N1CC2C1CCN2C(C)C.C=CC(=O)N1CCC2C1CN2C(C)C.C=CC(=O)N1CCCC(CC(C)C)C1.C=CC(=O)N1CCCC2C1CN2C(C)C.C=CC(=O)NC1CCCN(C(C)C)C1. The van der Waals surface area contributed by atoms with E-state index >= 15 is 0 Å². The molecule has 13 aliphatic heterocycles. The number of amides is 9. The smallest absolute Gasteiger partial charge is 0.246 e. The standard InChI is InChI=1S/2C12H20N2O.C12H21NO.2C11H18N2O.C11H20N2O.C10H18N2O.C9H16N2O.C9H15NO2/c1-4-12(15)13-7-5-6-10-11(13)8-14(10)9(2)3;1-4-12(15)14-8-11-10(14)6-5-7-13(11)9(2)3;1-4-12(14)13-7-5-6-11(9-13)8-10(2)3;1-4-11(14)12-6-5-9-10(12)7-13(9)8(2)3;1-4-11(14)13-7-10-9(13)5-6-12(10)8(2)3;1-4-11(14)12-10-6-5-7-13(8-10)9(2)3;1-5-10(13)12-6-9(7-12)11(4)8(2)3;1-4-9(12)11-5-8(6-11)10-7(2)3;1-4-9(11)10-5-8(6-10)12-7(2)3/h2*4,9-11H,1,5-8H2,2-3H3;4,10-11H,1,5-9H2,2-3H3;2*4,8-10H,1,5-7H2,2-3H3;4,9-10H,1,5-8H2,2-3H3,(H,12,14);5,8-9H,1,6-7H2,2-4H3;4,7-8,10H,1,5-6H2,2-3H3;4,7-8H,1,5-6H2,2-3H3.